The lowest BCUT2D eigenvalue weighted by atomic mass is 10.2. The number of pyridine rings is 1. The van der Waals surface area contributed by atoms with E-state index in [-0.39, 0.29) is 23.8 Å². The number of hydrogen-bond donors (Lipinski definition) is 2. The average Bonchev–Trinajstić information content (AvgIpc) is 2.61. The van der Waals surface area contributed by atoms with Gasteiger partial charge < -0.3 is 5.32 Å². The molecule has 1 aromatic heterocycles. The number of aryl methyl sites for hydroxylation is 2. The second kappa shape index (κ2) is 7.85. The molecule has 6 nitrogen and oxygen atoms in total. The molecule has 3 aromatic rings. The third-order valence-electron chi connectivity index (χ3n) is 4.17. The smallest absolute Gasteiger partial charge is 0.240 e. The third kappa shape index (κ3) is 4.50. The Bertz CT molecular complexity index is 1090. The summed E-state index contributed by atoms with van der Waals surface area (Å²) in [6, 6.07) is 14.4. The van der Waals surface area contributed by atoms with E-state index in [0.29, 0.717) is 16.8 Å². The van der Waals surface area contributed by atoms with Gasteiger partial charge in [-0.25, -0.2) is 13.1 Å². The number of hydrogen-bond acceptors (Lipinski definition) is 4. The van der Waals surface area contributed by atoms with Gasteiger partial charge in [-0.05, 0) is 37.6 Å². The van der Waals surface area contributed by atoms with Gasteiger partial charge in [0, 0.05) is 24.5 Å². The van der Waals surface area contributed by atoms with Crippen LogP contribution < -0.4 is 10.0 Å². The van der Waals surface area contributed by atoms with Crippen molar-refractivity contribution >= 4 is 32.5 Å². The summed E-state index contributed by atoms with van der Waals surface area (Å²) >= 11 is 0. The number of para-hydroxylation sites is 1. The van der Waals surface area contributed by atoms with Crippen molar-refractivity contribution in [3.05, 3.63) is 65.9 Å². The Kier molecular flexibility index (Phi) is 5.53. The molecule has 0 fully saturated rings. The average molecular weight is 383 g/mol. The van der Waals surface area contributed by atoms with Crippen molar-refractivity contribution in [3.63, 3.8) is 0 Å². The predicted octanol–water partition coefficient (Wildman–Crippen LogP) is 3.16. The fraction of sp³-hybridized carbons (Fsp3) is 0.200. The van der Waals surface area contributed by atoms with Crippen LogP contribution in [0.4, 0.5) is 5.69 Å². The van der Waals surface area contributed by atoms with Crippen LogP contribution in [0.15, 0.2) is 59.6 Å². The fourth-order valence-electron chi connectivity index (χ4n) is 2.90. The van der Waals surface area contributed by atoms with Gasteiger partial charge in [0.25, 0.3) is 0 Å². The summed E-state index contributed by atoms with van der Waals surface area (Å²) in [4.78, 5) is 16.7. The van der Waals surface area contributed by atoms with Crippen molar-refractivity contribution in [2.75, 3.05) is 11.9 Å². The molecule has 27 heavy (non-hydrogen) atoms. The summed E-state index contributed by atoms with van der Waals surface area (Å²) in [5.74, 6) is -0.281. The first kappa shape index (κ1) is 19.0. The maximum absolute atomic E-state index is 12.4. The van der Waals surface area contributed by atoms with Crippen molar-refractivity contribution < 1.29 is 13.2 Å². The fourth-order valence-corrected chi connectivity index (χ4v) is 4.15. The molecular weight excluding hydrogens is 362 g/mol. The number of aromatic nitrogens is 1. The summed E-state index contributed by atoms with van der Waals surface area (Å²) in [6.07, 6.45) is 1.68. The molecule has 0 saturated carbocycles. The van der Waals surface area contributed by atoms with Crippen molar-refractivity contribution in [2.24, 2.45) is 0 Å². The quantitative estimate of drug-likeness (QED) is 0.684. The normalized spacial score (nSPS) is 11.5. The Balaban J connectivity index is 1.62. The molecule has 2 aromatic carbocycles. The van der Waals surface area contributed by atoms with Crippen LogP contribution in [-0.4, -0.2) is 25.9 Å². The molecular formula is C20H21N3O3S. The van der Waals surface area contributed by atoms with Crippen LogP contribution in [0.2, 0.25) is 0 Å². The molecule has 0 unspecified atom stereocenters. The third-order valence-corrected chi connectivity index (χ3v) is 5.79. The summed E-state index contributed by atoms with van der Waals surface area (Å²) in [5.41, 5.74) is 2.97. The minimum absolute atomic E-state index is 0.0136. The van der Waals surface area contributed by atoms with E-state index in [1.54, 1.807) is 31.3 Å². The van der Waals surface area contributed by atoms with E-state index >= 15 is 0 Å². The van der Waals surface area contributed by atoms with Crippen LogP contribution in [0.25, 0.3) is 10.9 Å². The molecule has 0 aliphatic carbocycles. The van der Waals surface area contributed by atoms with E-state index in [0.717, 1.165) is 10.9 Å². The van der Waals surface area contributed by atoms with E-state index in [9.17, 15) is 13.2 Å². The molecule has 0 radical (unpaired) electrons. The van der Waals surface area contributed by atoms with Gasteiger partial charge in [-0.2, -0.15) is 0 Å². The lowest BCUT2D eigenvalue weighted by Crippen LogP contribution is -2.28. The molecule has 0 spiro atoms. The van der Waals surface area contributed by atoms with Crippen LogP contribution in [0, 0.1) is 13.8 Å². The molecule has 0 aliphatic heterocycles. The Morgan fingerprint density at radius 2 is 1.85 bits per heavy atom. The first-order valence-corrected chi connectivity index (χ1v) is 10.1. The Morgan fingerprint density at radius 1 is 1.07 bits per heavy atom. The molecule has 3 rings (SSSR count). The molecule has 1 heterocycles. The van der Waals surface area contributed by atoms with Crippen LogP contribution >= 0.6 is 0 Å². The lowest BCUT2D eigenvalue weighted by Gasteiger charge is -2.11. The number of anilines is 1. The van der Waals surface area contributed by atoms with Gasteiger partial charge in [0.2, 0.25) is 15.9 Å². The standard InChI is InChI=1S/C20H21N3O3S/c1-14-8-9-18(15(2)13-14)27(25,26)22-12-10-19(24)23-17-7-3-5-16-6-4-11-21-20(16)17/h3-9,11,13,22H,10,12H2,1-2H3,(H,23,24). The van der Waals surface area contributed by atoms with Crippen molar-refractivity contribution in [1.82, 2.24) is 9.71 Å². The first-order chi connectivity index (χ1) is 12.9. The number of fused-ring (bicyclic) bond motifs is 1. The molecule has 140 valence electrons. The van der Waals surface area contributed by atoms with Crippen LogP contribution in [-0.2, 0) is 14.8 Å². The highest BCUT2D eigenvalue weighted by Crippen LogP contribution is 2.21. The van der Waals surface area contributed by atoms with Crippen LogP contribution in [0.1, 0.15) is 17.5 Å². The maximum Gasteiger partial charge on any atom is 0.240 e. The SMILES string of the molecule is Cc1ccc(S(=O)(=O)NCCC(=O)Nc2cccc3cccnc23)c(C)c1. The second-order valence-electron chi connectivity index (χ2n) is 6.35. The highest BCUT2D eigenvalue weighted by atomic mass is 32.2. The van der Waals surface area contributed by atoms with E-state index < -0.39 is 10.0 Å². The maximum atomic E-state index is 12.4. The highest BCUT2D eigenvalue weighted by Gasteiger charge is 2.17. The number of nitrogens with zero attached hydrogens (tertiary/aromatic N) is 1. The number of sulfonamides is 1. The molecule has 0 bridgehead atoms. The number of benzene rings is 2. The zero-order valence-corrected chi connectivity index (χ0v) is 16.0. The summed E-state index contributed by atoms with van der Waals surface area (Å²) < 4.78 is 27.3. The number of carbonyl (C=O) groups is 1. The van der Waals surface area contributed by atoms with E-state index in [4.69, 9.17) is 0 Å². The van der Waals surface area contributed by atoms with Gasteiger partial charge in [0.1, 0.15) is 0 Å². The van der Waals surface area contributed by atoms with Gasteiger partial charge in [0.05, 0.1) is 16.1 Å². The van der Waals surface area contributed by atoms with E-state index in [1.807, 2.05) is 37.3 Å². The summed E-state index contributed by atoms with van der Waals surface area (Å²) in [7, 11) is -3.65. The van der Waals surface area contributed by atoms with Gasteiger partial charge >= 0.3 is 0 Å². The van der Waals surface area contributed by atoms with Crippen molar-refractivity contribution in [2.45, 2.75) is 25.2 Å². The Hall–Kier alpha value is -2.77. The number of amides is 1. The summed E-state index contributed by atoms with van der Waals surface area (Å²) in [5, 5.41) is 3.72. The molecule has 0 saturated heterocycles. The second-order valence-corrected chi connectivity index (χ2v) is 8.08. The first-order valence-electron chi connectivity index (χ1n) is 8.57. The lowest BCUT2D eigenvalue weighted by molar-refractivity contribution is -0.116. The van der Waals surface area contributed by atoms with E-state index in [1.165, 1.54) is 0 Å². The highest BCUT2D eigenvalue weighted by molar-refractivity contribution is 7.89. The molecule has 7 heteroatoms. The number of carbonyl (C=O) groups excluding carboxylic acids is 1. The predicted molar refractivity (Wildman–Crippen MR) is 106 cm³/mol. The minimum atomic E-state index is -3.65. The van der Waals surface area contributed by atoms with Gasteiger partial charge in [-0.15, -0.1) is 0 Å². The minimum Gasteiger partial charge on any atom is -0.324 e. The van der Waals surface area contributed by atoms with Crippen LogP contribution in [0.5, 0.6) is 0 Å². The Morgan fingerprint density at radius 3 is 2.63 bits per heavy atom. The molecule has 0 atom stereocenters. The van der Waals surface area contributed by atoms with Gasteiger partial charge in [0.15, 0.2) is 0 Å². The molecule has 2 N–H and O–H groups in total. The number of nitrogens with one attached hydrogen (secondary N) is 2. The van der Waals surface area contributed by atoms with Gasteiger partial charge in [-0.1, -0.05) is 35.9 Å². The van der Waals surface area contributed by atoms with Crippen molar-refractivity contribution in [1.29, 1.82) is 0 Å². The topological polar surface area (TPSA) is 88.2 Å². The molecule has 1 amide bonds. The Labute approximate surface area is 158 Å². The van der Waals surface area contributed by atoms with Gasteiger partial charge in [-0.3, -0.25) is 9.78 Å². The zero-order chi connectivity index (χ0) is 19.4. The van der Waals surface area contributed by atoms with Crippen molar-refractivity contribution in [3.8, 4) is 0 Å². The van der Waals surface area contributed by atoms with Crippen LogP contribution in [0.3, 0.4) is 0 Å². The summed E-state index contributed by atoms with van der Waals surface area (Å²) in [6.45, 7) is 3.67. The zero-order valence-electron chi connectivity index (χ0n) is 15.2. The number of rotatable bonds is 6. The largest absolute Gasteiger partial charge is 0.324 e. The van der Waals surface area contributed by atoms with E-state index in [2.05, 4.69) is 15.0 Å². The monoisotopic (exact) mass is 383 g/mol. The molecule has 0 aliphatic rings.